The molecule has 2 rings (SSSR count). The number of aromatic nitrogens is 1. The SMILES string of the molecule is CCN(c1ccccc1)c1ncc(C(C)C(=O)O)s1. The molecule has 1 heterocycles. The Balaban J connectivity index is 2.28. The molecule has 100 valence electrons. The highest BCUT2D eigenvalue weighted by Gasteiger charge is 2.19. The fourth-order valence-corrected chi connectivity index (χ4v) is 2.80. The lowest BCUT2D eigenvalue weighted by Gasteiger charge is -2.19. The highest BCUT2D eigenvalue weighted by molar-refractivity contribution is 7.15. The summed E-state index contributed by atoms with van der Waals surface area (Å²) in [4.78, 5) is 18.2. The van der Waals surface area contributed by atoms with E-state index in [0.29, 0.717) is 0 Å². The second-order valence-electron chi connectivity index (χ2n) is 4.18. The van der Waals surface area contributed by atoms with Gasteiger partial charge in [-0.15, -0.1) is 11.3 Å². The molecular weight excluding hydrogens is 260 g/mol. The Morgan fingerprint density at radius 1 is 1.42 bits per heavy atom. The molecule has 1 aromatic heterocycles. The van der Waals surface area contributed by atoms with Crippen molar-refractivity contribution in [1.82, 2.24) is 4.98 Å². The van der Waals surface area contributed by atoms with Crippen LogP contribution in [-0.4, -0.2) is 22.6 Å². The molecular formula is C14H16N2O2S. The van der Waals surface area contributed by atoms with Crippen molar-refractivity contribution >= 4 is 28.1 Å². The number of carboxylic acids is 1. The Bertz CT molecular complexity index is 554. The maximum atomic E-state index is 11.0. The number of para-hydroxylation sites is 1. The molecule has 0 amide bonds. The van der Waals surface area contributed by atoms with Gasteiger partial charge in [0.2, 0.25) is 0 Å². The van der Waals surface area contributed by atoms with Crippen LogP contribution in [0, 0.1) is 0 Å². The molecule has 5 heteroatoms. The number of thiazole rings is 1. The van der Waals surface area contributed by atoms with Crippen LogP contribution in [0.5, 0.6) is 0 Å². The van der Waals surface area contributed by atoms with E-state index in [1.165, 1.54) is 11.3 Å². The third kappa shape index (κ3) is 2.93. The summed E-state index contributed by atoms with van der Waals surface area (Å²) in [6.07, 6.45) is 1.66. The molecule has 0 spiro atoms. The lowest BCUT2D eigenvalue weighted by atomic mass is 10.2. The molecule has 1 atom stereocenters. The first-order valence-electron chi connectivity index (χ1n) is 6.14. The fourth-order valence-electron chi connectivity index (χ4n) is 1.76. The van der Waals surface area contributed by atoms with Crippen molar-refractivity contribution in [3.05, 3.63) is 41.4 Å². The Morgan fingerprint density at radius 3 is 2.68 bits per heavy atom. The first-order valence-corrected chi connectivity index (χ1v) is 6.96. The van der Waals surface area contributed by atoms with Gasteiger partial charge in [0.1, 0.15) is 0 Å². The number of hydrogen-bond acceptors (Lipinski definition) is 4. The van der Waals surface area contributed by atoms with Gasteiger partial charge in [0, 0.05) is 23.3 Å². The van der Waals surface area contributed by atoms with Gasteiger partial charge in [-0.2, -0.15) is 0 Å². The molecule has 0 radical (unpaired) electrons. The summed E-state index contributed by atoms with van der Waals surface area (Å²) in [5.41, 5.74) is 1.06. The van der Waals surface area contributed by atoms with Crippen LogP contribution in [0.25, 0.3) is 0 Å². The lowest BCUT2D eigenvalue weighted by molar-refractivity contribution is -0.138. The molecule has 0 aliphatic rings. The van der Waals surface area contributed by atoms with E-state index in [0.717, 1.165) is 22.2 Å². The topological polar surface area (TPSA) is 53.4 Å². The van der Waals surface area contributed by atoms with Crippen LogP contribution in [0.15, 0.2) is 36.5 Å². The van der Waals surface area contributed by atoms with Crippen LogP contribution >= 0.6 is 11.3 Å². The predicted octanol–water partition coefficient (Wildman–Crippen LogP) is 3.49. The highest BCUT2D eigenvalue weighted by Crippen LogP contribution is 2.32. The average molecular weight is 276 g/mol. The zero-order valence-electron chi connectivity index (χ0n) is 10.9. The number of aliphatic carboxylic acids is 1. The molecule has 1 aromatic carbocycles. The van der Waals surface area contributed by atoms with Crippen molar-refractivity contribution < 1.29 is 9.90 Å². The normalized spacial score (nSPS) is 12.1. The maximum absolute atomic E-state index is 11.0. The van der Waals surface area contributed by atoms with E-state index in [-0.39, 0.29) is 0 Å². The minimum Gasteiger partial charge on any atom is -0.481 e. The molecule has 1 unspecified atom stereocenters. The largest absolute Gasteiger partial charge is 0.481 e. The summed E-state index contributed by atoms with van der Waals surface area (Å²) in [6, 6.07) is 9.96. The highest BCUT2D eigenvalue weighted by atomic mass is 32.1. The zero-order valence-corrected chi connectivity index (χ0v) is 11.7. The van der Waals surface area contributed by atoms with Gasteiger partial charge in [-0.1, -0.05) is 18.2 Å². The van der Waals surface area contributed by atoms with Crippen LogP contribution in [0.3, 0.4) is 0 Å². The summed E-state index contributed by atoms with van der Waals surface area (Å²) >= 11 is 1.43. The van der Waals surface area contributed by atoms with E-state index < -0.39 is 11.9 Å². The standard InChI is InChI=1S/C14H16N2O2S/c1-3-16(11-7-5-4-6-8-11)14-15-9-12(19-14)10(2)13(17)18/h4-10H,3H2,1-2H3,(H,17,18). The molecule has 0 saturated carbocycles. The summed E-state index contributed by atoms with van der Waals surface area (Å²) in [6.45, 7) is 4.52. The number of rotatable bonds is 5. The van der Waals surface area contributed by atoms with E-state index in [1.54, 1.807) is 13.1 Å². The van der Waals surface area contributed by atoms with Crippen molar-refractivity contribution in [2.75, 3.05) is 11.4 Å². The van der Waals surface area contributed by atoms with Crippen molar-refractivity contribution in [2.24, 2.45) is 0 Å². The van der Waals surface area contributed by atoms with Crippen molar-refractivity contribution in [2.45, 2.75) is 19.8 Å². The summed E-state index contributed by atoms with van der Waals surface area (Å²) in [7, 11) is 0. The summed E-state index contributed by atoms with van der Waals surface area (Å²) in [5, 5.41) is 9.85. The van der Waals surface area contributed by atoms with Crippen LogP contribution < -0.4 is 4.90 Å². The van der Waals surface area contributed by atoms with Gasteiger partial charge in [-0.05, 0) is 26.0 Å². The van der Waals surface area contributed by atoms with Crippen LogP contribution in [-0.2, 0) is 4.79 Å². The van der Waals surface area contributed by atoms with Gasteiger partial charge in [0.15, 0.2) is 5.13 Å². The van der Waals surface area contributed by atoms with E-state index in [1.807, 2.05) is 30.3 Å². The minimum absolute atomic E-state index is 0.513. The first-order chi connectivity index (χ1) is 9.13. The molecule has 0 fully saturated rings. The van der Waals surface area contributed by atoms with Gasteiger partial charge >= 0.3 is 5.97 Å². The van der Waals surface area contributed by atoms with Gasteiger partial charge in [0.05, 0.1) is 5.92 Å². The molecule has 0 aliphatic carbocycles. The summed E-state index contributed by atoms with van der Waals surface area (Å²) in [5.74, 6) is -1.33. The quantitative estimate of drug-likeness (QED) is 0.908. The van der Waals surface area contributed by atoms with Crippen LogP contribution in [0.1, 0.15) is 24.6 Å². The van der Waals surface area contributed by atoms with Gasteiger partial charge in [-0.25, -0.2) is 4.98 Å². The third-order valence-corrected chi connectivity index (χ3v) is 4.13. The van der Waals surface area contributed by atoms with E-state index in [2.05, 4.69) is 16.8 Å². The maximum Gasteiger partial charge on any atom is 0.311 e. The van der Waals surface area contributed by atoms with Gasteiger partial charge in [-0.3, -0.25) is 4.79 Å². The summed E-state index contributed by atoms with van der Waals surface area (Å²) < 4.78 is 0. The number of hydrogen-bond donors (Lipinski definition) is 1. The Kier molecular flexibility index (Phi) is 4.16. The Labute approximate surface area is 116 Å². The number of benzene rings is 1. The van der Waals surface area contributed by atoms with Gasteiger partial charge < -0.3 is 10.0 Å². The molecule has 1 N–H and O–H groups in total. The first kappa shape index (κ1) is 13.5. The predicted molar refractivity (Wildman–Crippen MR) is 77.3 cm³/mol. The molecule has 19 heavy (non-hydrogen) atoms. The second-order valence-corrected chi connectivity index (χ2v) is 5.23. The molecule has 2 aromatic rings. The van der Waals surface area contributed by atoms with Crippen LogP contribution in [0.4, 0.5) is 10.8 Å². The molecule has 4 nitrogen and oxygen atoms in total. The van der Waals surface area contributed by atoms with Gasteiger partial charge in [0.25, 0.3) is 0 Å². The second kappa shape index (κ2) is 5.84. The number of carbonyl (C=O) groups is 1. The molecule has 0 aliphatic heterocycles. The lowest BCUT2D eigenvalue weighted by Crippen LogP contribution is -2.15. The fraction of sp³-hybridized carbons (Fsp3) is 0.286. The molecule has 0 saturated heterocycles. The van der Waals surface area contributed by atoms with Crippen molar-refractivity contribution in [3.63, 3.8) is 0 Å². The third-order valence-electron chi connectivity index (χ3n) is 2.92. The minimum atomic E-state index is -0.821. The van der Waals surface area contributed by atoms with E-state index >= 15 is 0 Å². The number of nitrogens with zero attached hydrogens (tertiary/aromatic N) is 2. The zero-order chi connectivity index (χ0) is 13.8. The number of anilines is 2. The Morgan fingerprint density at radius 2 is 2.11 bits per heavy atom. The van der Waals surface area contributed by atoms with Crippen LogP contribution in [0.2, 0.25) is 0 Å². The van der Waals surface area contributed by atoms with Crippen molar-refractivity contribution in [3.8, 4) is 0 Å². The molecule has 0 bridgehead atoms. The van der Waals surface area contributed by atoms with E-state index in [9.17, 15) is 4.79 Å². The number of carboxylic acid groups (broad SMARTS) is 1. The van der Waals surface area contributed by atoms with E-state index in [4.69, 9.17) is 5.11 Å². The monoisotopic (exact) mass is 276 g/mol. The smallest absolute Gasteiger partial charge is 0.311 e. The van der Waals surface area contributed by atoms with Crippen molar-refractivity contribution in [1.29, 1.82) is 0 Å². The average Bonchev–Trinajstić information content (AvgIpc) is 2.89. The Hall–Kier alpha value is -1.88.